The molecule has 2 aliphatic heterocycles. The van der Waals surface area contributed by atoms with Gasteiger partial charge < -0.3 is 24.4 Å². The number of phenolic OH excluding ortho intramolecular Hbond substituents is 1. The third kappa shape index (κ3) is 2.14. The zero-order valence-electron chi connectivity index (χ0n) is 13.0. The summed E-state index contributed by atoms with van der Waals surface area (Å²) in [5.74, 6) is -3.42. The van der Waals surface area contributed by atoms with Gasteiger partial charge in [-0.15, -0.1) is 0 Å². The first kappa shape index (κ1) is 16.3. The number of benzene rings is 1. The average Bonchev–Trinajstić information content (AvgIpc) is 2.81. The fourth-order valence-corrected chi connectivity index (χ4v) is 3.21. The fraction of sp³-hybridized carbons (Fsp3) is 0.438. The quantitative estimate of drug-likeness (QED) is 0.735. The molecule has 0 aromatic heterocycles. The second kappa shape index (κ2) is 5.48. The molecule has 1 aromatic rings. The first-order valence-electron chi connectivity index (χ1n) is 7.33. The van der Waals surface area contributed by atoms with Gasteiger partial charge in [0.2, 0.25) is 5.60 Å². The Morgan fingerprint density at radius 1 is 1.38 bits per heavy atom. The average molecular weight is 336 g/mol. The van der Waals surface area contributed by atoms with Gasteiger partial charge >= 0.3 is 11.9 Å². The highest BCUT2D eigenvalue weighted by molar-refractivity contribution is 6.06. The van der Waals surface area contributed by atoms with E-state index < -0.39 is 47.9 Å². The Labute approximate surface area is 136 Å². The Morgan fingerprint density at radius 3 is 2.67 bits per heavy atom. The lowest BCUT2D eigenvalue weighted by Crippen LogP contribution is -2.59. The molecule has 0 saturated carbocycles. The molecule has 2 heterocycles. The minimum Gasteiger partial charge on any atom is -0.507 e. The Hall–Kier alpha value is -2.61. The van der Waals surface area contributed by atoms with Gasteiger partial charge in [0, 0.05) is 5.92 Å². The Kier molecular flexibility index (Phi) is 3.71. The van der Waals surface area contributed by atoms with Crippen LogP contribution < -0.4 is 4.74 Å². The summed E-state index contributed by atoms with van der Waals surface area (Å²) in [6, 6.07) is 4.20. The number of Topliss-reactive ketones (excluding diaryl/α,β-unsaturated/α-hetero) is 1. The minimum absolute atomic E-state index is 0.0127. The molecule has 1 aromatic carbocycles. The molecule has 0 amide bonds. The van der Waals surface area contributed by atoms with Crippen molar-refractivity contribution in [2.24, 2.45) is 5.92 Å². The number of esters is 2. The highest BCUT2D eigenvalue weighted by Gasteiger charge is 2.62. The van der Waals surface area contributed by atoms with Crippen molar-refractivity contribution in [3.8, 4) is 11.5 Å². The lowest BCUT2D eigenvalue weighted by atomic mass is 9.80. The van der Waals surface area contributed by atoms with Crippen LogP contribution in [0.3, 0.4) is 0 Å². The number of rotatable bonds is 2. The van der Waals surface area contributed by atoms with Gasteiger partial charge in [0.05, 0.1) is 13.5 Å². The predicted molar refractivity (Wildman–Crippen MR) is 77.5 cm³/mol. The SMILES string of the molecule is COC(=O)[C@]1([C@H]2OC(=O)[C@H](O)[C@@H]2C)CC(=O)c2c(O)cccc2O1. The zero-order valence-corrected chi connectivity index (χ0v) is 13.0. The van der Waals surface area contributed by atoms with E-state index in [0.29, 0.717) is 0 Å². The zero-order chi connectivity index (χ0) is 17.6. The van der Waals surface area contributed by atoms with E-state index in [9.17, 15) is 24.6 Å². The fourth-order valence-electron chi connectivity index (χ4n) is 3.21. The summed E-state index contributed by atoms with van der Waals surface area (Å²) in [6.45, 7) is 1.51. The van der Waals surface area contributed by atoms with Crippen molar-refractivity contribution in [1.29, 1.82) is 0 Å². The van der Waals surface area contributed by atoms with E-state index in [0.717, 1.165) is 7.11 Å². The predicted octanol–water partition coefficient (Wildman–Crippen LogP) is 0.192. The molecular formula is C16H16O8. The molecule has 0 radical (unpaired) electrons. The number of methoxy groups -OCH3 is 1. The second-order valence-corrected chi connectivity index (χ2v) is 5.89. The standard InChI is InChI=1S/C16H16O8/c1-7-12(19)14(20)23-13(7)16(15(21)22-2)6-9(18)11-8(17)4-3-5-10(11)24-16/h3-5,7,12-13,17,19H,6H2,1-2H3/t7-,12+,13-,16+/m0/s1. The van der Waals surface area contributed by atoms with Crippen molar-refractivity contribution in [2.45, 2.75) is 31.2 Å². The number of phenols is 1. The number of aliphatic hydroxyl groups excluding tert-OH is 1. The molecule has 1 fully saturated rings. The number of carbonyl (C=O) groups is 3. The summed E-state index contributed by atoms with van der Waals surface area (Å²) in [7, 11) is 1.12. The topological polar surface area (TPSA) is 119 Å². The van der Waals surface area contributed by atoms with Gasteiger partial charge in [0.25, 0.3) is 0 Å². The van der Waals surface area contributed by atoms with Gasteiger partial charge in [-0.1, -0.05) is 13.0 Å². The van der Waals surface area contributed by atoms with Crippen LogP contribution in [-0.2, 0) is 19.1 Å². The van der Waals surface area contributed by atoms with Gasteiger partial charge in [0.15, 0.2) is 18.0 Å². The monoisotopic (exact) mass is 336 g/mol. The summed E-state index contributed by atoms with van der Waals surface area (Å²) in [5.41, 5.74) is -1.96. The molecule has 2 N–H and O–H groups in total. The van der Waals surface area contributed by atoms with Gasteiger partial charge in [-0.3, -0.25) is 4.79 Å². The first-order chi connectivity index (χ1) is 11.3. The van der Waals surface area contributed by atoms with Crippen LogP contribution in [0.15, 0.2) is 18.2 Å². The van der Waals surface area contributed by atoms with E-state index in [-0.39, 0.29) is 17.1 Å². The molecule has 24 heavy (non-hydrogen) atoms. The molecule has 8 heteroatoms. The van der Waals surface area contributed by atoms with Crippen molar-refractivity contribution in [1.82, 2.24) is 0 Å². The van der Waals surface area contributed by atoms with Crippen LogP contribution in [0.1, 0.15) is 23.7 Å². The molecule has 0 unspecified atom stereocenters. The van der Waals surface area contributed by atoms with Crippen molar-refractivity contribution in [3.63, 3.8) is 0 Å². The smallest absolute Gasteiger partial charge is 0.354 e. The molecule has 0 bridgehead atoms. The van der Waals surface area contributed by atoms with Crippen LogP contribution in [0.2, 0.25) is 0 Å². The second-order valence-electron chi connectivity index (χ2n) is 5.89. The minimum atomic E-state index is -1.92. The molecule has 8 nitrogen and oxygen atoms in total. The maximum absolute atomic E-state index is 12.5. The van der Waals surface area contributed by atoms with E-state index in [1.54, 1.807) is 0 Å². The van der Waals surface area contributed by atoms with Crippen LogP contribution in [0, 0.1) is 5.92 Å². The summed E-state index contributed by atoms with van der Waals surface area (Å²) in [6.07, 6.45) is -3.12. The third-order valence-electron chi connectivity index (χ3n) is 4.45. The largest absolute Gasteiger partial charge is 0.507 e. The molecule has 4 atom stereocenters. The first-order valence-corrected chi connectivity index (χ1v) is 7.33. The highest BCUT2D eigenvalue weighted by Crippen LogP contribution is 2.44. The third-order valence-corrected chi connectivity index (χ3v) is 4.45. The van der Waals surface area contributed by atoms with Crippen molar-refractivity contribution >= 4 is 17.7 Å². The molecule has 0 aliphatic carbocycles. The maximum atomic E-state index is 12.5. The van der Waals surface area contributed by atoms with E-state index >= 15 is 0 Å². The van der Waals surface area contributed by atoms with Crippen LogP contribution in [0.25, 0.3) is 0 Å². The number of ketones is 1. The molecular weight excluding hydrogens is 320 g/mol. The lowest BCUT2D eigenvalue weighted by Gasteiger charge is -2.39. The highest BCUT2D eigenvalue weighted by atomic mass is 16.6. The summed E-state index contributed by atoms with van der Waals surface area (Å²) in [4.78, 5) is 36.6. The number of hydrogen-bond acceptors (Lipinski definition) is 8. The van der Waals surface area contributed by atoms with Crippen molar-refractivity contribution < 1.29 is 38.8 Å². The number of fused-ring (bicyclic) bond motifs is 1. The number of ether oxygens (including phenoxy) is 3. The Balaban J connectivity index is 2.11. The number of hydrogen-bond donors (Lipinski definition) is 2. The van der Waals surface area contributed by atoms with E-state index in [1.807, 2.05) is 0 Å². The lowest BCUT2D eigenvalue weighted by molar-refractivity contribution is -0.177. The molecule has 1 saturated heterocycles. The Morgan fingerprint density at radius 2 is 2.08 bits per heavy atom. The summed E-state index contributed by atoms with van der Waals surface area (Å²) >= 11 is 0. The Bertz CT molecular complexity index is 727. The van der Waals surface area contributed by atoms with E-state index in [4.69, 9.17) is 14.2 Å². The van der Waals surface area contributed by atoms with E-state index in [2.05, 4.69) is 0 Å². The van der Waals surface area contributed by atoms with Gasteiger partial charge in [-0.05, 0) is 12.1 Å². The van der Waals surface area contributed by atoms with Crippen LogP contribution in [0.4, 0.5) is 0 Å². The number of carbonyl (C=O) groups excluding carboxylic acids is 3. The van der Waals surface area contributed by atoms with Crippen LogP contribution in [-0.4, -0.2) is 52.9 Å². The molecule has 3 rings (SSSR count). The number of aliphatic hydroxyl groups is 1. The van der Waals surface area contributed by atoms with Gasteiger partial charge in [0.1, 0.15) is 17.1 Å². The molecule has 128 valence electrons. The summed E-state index contributed by atoms with van der Waals surface area (Å²) < 4.78 is 15.6. The van der Waals surface area contributed by atoms with Gasteiger partial charge in [-0.25, -0.2) is 9.59 Å². The number of aromatic hydroxyl groups is 1. The van der Waals surface area contributed by atoms with E-state index in [1.165, 1.54) is 25.1 Å². The van der Waals surface area contributed by atoms with Crippen LogP contribution in [0.5, 0.6) is 11.5 Å². The normalized spacial score (nSPS) is 31.9. The summed E-state index contributed by atoms with van der Waals surface area (Å²) in [5, 5.41) is 19.7. The molecule has 2 aliphatic rings. The van der Waals surface area contributed by atoms with Crippen LogP contribution >= 0.6 is 0 Å². The van der Waals surface area contributed by atoms with Gasteiger partial charge in [-0.2, -0.15) is 0 Å². The maximum Gasteiger partial charge on any atom is 0.354 e. The number of cyclic esters (lactones) is 1. The van der Waals surface area contributed by atoms with Crippen molar-refractivity contribution in [3.05, 3.63) is 23.8 Å². The van der Waals surface area contributed by atoms with Crippen molar-refractivity contribution in [2.75, 3.05) is 7.11 Å². The molecule has 0 spiro atoms.